The van der Waals surface area contributed by atoms with Crippen LogP contribution in [-0.2, 0) is 10.2 Å². The topological polar surface area (TPSA) is 77.8 Å². The van der Waals surface area contributed by atoms with Gasteiger partial charge in [0, 0.05) is 0 Å². The number of carboxylic acids is 1. The number of phenols is 2. The molecule has 0 atom stereocenters. The van der Waals surface area contributed by atoms with E-state index in [4.69, 9.17) is 0 Å². The number of carbonyl (C=O) groups is 1. The van der Waals surface area contributed by atoms with E-state index in [9.17, 15) is 20.1 Å². The van der Waals surface area contributed by atoms with Gasteiger partial charge in [0.2, 0.25) is 0 Å². The van der Waals surface area contributed by atoms with Crippen LogP contribution in [0.4, 0.5) is 0 Å². The van der Waals surface area contributed by atoms with Crippen LogP contribution in [0.1, 0.15) is 18.1 Å². The summed E-state index contributed by atoms with van der Waals surface area (Å²) >= 11 is 12.9. The average Bonchev–Trinajstić information content (AvgIpc) is 2.48. The summed E-state index contributed by atoms with van der Waals surface area (Å²) in [6.07, 6.45) is 0. The number of hydrogen-bond acceptors (Lipinski definition) is 3. The van der Waals surface area contributed by atoms with Gasteiger partial charge < -0.3 is 15.3 Å². The first-order chi connectivity index (χ1) is 10.6. The Morgan fingerprint density at radius 2 is 1.09 bits per heavy atom. The summed E-state index contributed by atoms with van der Waals surface area (Å²) in [6.45, 7) is 1.56. The monoisotopic (exact) mass is 570 g/mol. The summed E-state index contributed by atoms with van der Waals surface area (Å²) in [7, 11) is 0. The van der Waals surface area contributed by atoms with Crippen molar-refractivity contribution in [3.63, 3.8) is 0 Å². The van der Waals surface area contributed by atoms with Gasteiger partial charge in [-0.25, -0.2) is 0 Å². The van der Waals surface area contributed by atoms with E-state index in [1.54, 1.807) is 31.2 Å². The first-order valence-corrected chi connectivity index (χ1v) is 9.36. The van der Waals surface area contributed by atoms with Gasteiger partial charge in [-0.1, -0.05) is 0 Å². The van der Waals surface area contributed by atoms with Crippen LogP contribution in [0.15, 0.2) is 42.2 Å². The predicted molar refractivity (Wildman–Crippen MR) is 101 cm³/mol. The molecule has 0 radical (unpaired) electrons. The maximum Gasteiger partial charge on any atom is 0.318 e. The lowest BCUT2D eigenvalue weighted by Crippen LogP contribution is -2.33. The van der Waals surface area contributed by atoms with Crippen molar-refractivity contribution in [2.75, 3.05) is 0 Å². The largest absolute Gasteiger partial charge is 0.506 e. The van der Waals surface area contributed by atoms with E-state index < -0.39 is 11.4 Å². The minimum absolute atomic E-state index is 0.00504. The minimum Gasteiger partial charge on any atom is -0.506 e. The lowest BCUT2D eigenvalue weighted by Gasteiger charge is -2.27. The number of aromatic hydroxyl groups is 2. The maximum absolute atomic E-state index is 12.1. The van der Waals surface area contributed by atoms with Crippen LogP contribution < -0.4 is 0 Å². The van der Waals surface area contributed by atoms with E-state index >= 15 is 0 Å². The number of benzene rings is 2. The molecule has 4 nitrogen and oxygen atoms in total. The Bertz CT molecular complexity index is 701. The molecule has 122 valence electrons. The number of rotatable bonds is 3. The number of halogens is 4. The third kappa shape index (κ3) is 3.31. The van der Waals surface area contributed by atoms with E-state index in [1.807, 2.05) is 0 Å². The molecule has 0 bridgehead atoms. The number of hydrogen-bond donors (Lipinski definition) is 3. The highest BCUT2D eigenvalue weighted by molar-refractivity contribution is 9.11. The van der Waals surface area contributed by atoms with Gasteiger partial charge in [-0.3, -0.25) is 4.79 Å². The predicted octanol–water partition coefficient (Wildman–Crippen LogP) is 5.54. The fourth-order valence-corrected chi connectivity index (χ4v) is 4.49. The van der Waals surface area contributed by atoms with Crippen molar-refractivity contribution in [3.05, 3.63) is 53.3 Å². The Kier molecular flexibility index (Phi) is 5.50. The molecule has 0 aromatic heterocycles. The van der Waals surface area contributed by atoms with Crippen molar-refractivity contribution < 1.29 is 20.1 Å². The van der Waals surface area contributed by atoms with Crippen LogP contribution in [0.25, 0.3) is 0 Å². The molecule has 2 rings (SSSR count). The zero-order chi connectivity index (χ0) is 17.5. The van der Waals surface area contributed by atoms with Crippen molar-refractivity contribution in [2.24, 2.45) is 0 Å². The Balaban J connectivity index is 2.77. The van der Waals surface area contributed by atoms with Gasteiger partial charge in [0.05, 0.1) is 17.9 Å². The quantitative estimate of drug-likeness (QED) is 0.451. The molecule has 2 aromatic rings. The standard InChI is InChI=1S/C15H10Br4O4/c1-15(14(22)23,6-2-8(16)12(20)9(17)3-6)7-4-10(18)13(21)11(19)5-7/h2-5,20-21H,1H3,(H,22,23). The van der Waals surface area contributed by atoms with Crippen molar-refractivity contribution in [2.45, 2.75) is 12.3 Å². The summed E-state index contributed by atoms with van der Waals surface area (Å²) < 4.78 is 1.52. The molecule has 8 heteroatoms. The average molecular weight is 574 g/mol. The second-order valence-corrected chi connectivity index (χ2v) is 8.42. The van der Waals surface area contributed by atoms with Crippen LogP contribution in [-0.4, -0.2) is 21.3 Å². The van der Waals surface area contributed by atoms with Gasteiger partial charge in [0.25, 0.3) is 0 Å². The Morgan fingerprint density at radius 3 is 1.30 bits per heavy atom. The summed E-state index contributed by atoms with van der Waals surface area (Å²) in [5, 5.41) is 29.5. The number of carboxylic acid groups (broad SMARTS) is 1. The Morgan fingerprint density at radius 1 is 0.826 bits per heavy atom. The van der Waals surface area contributed by atoms with E-state index in [-0.39, 0.29) is 11.5 Å². The van der Waals surface area contributed by atoms with Crippen LogP contribution >= 0.6 is 63.7 Å². The summed E-state index contributed by atoms with van der Waals surface area (Å²) in [4.78, 5) is 12.1. The molecule has 0 unspecified atom stereocenters. The van der Waals surface area contributed by atoms with Gasteiger partial charge >= 0.3 is 5.97 Å². The van der Waals surface area contributed by atoms with Gasteiger partial charge in [0.15, 0.2) is 0 Å². The van der Waals surface area contributed by atoms with Crippen LogP contribution in [0.5, 0.6) is 11.5 Å². The van der Waals surface area contributed by atoms with Crippen LogP contribution in [0.3, 0.4) is 0 Å². The molecule has 0 aliphatic carbocycles. The number of phenolic OH excluding ortho intramolecular Hbond substituents is 2. The smallest absolute Gasteiger partial charge is 0.318 e. The lowest BCUT2D eigenvalue weighted by atomic mass is 9.76. The molecular weight excluding hydrogens is 564 g/mol. The molecule has 3 N–H and O–H groups in total. The van der Waals surface area contributed by atoms with Crippen LogP contribution in [0.2, 0.25) is 0 Å². The first-order valence-electron chi connectivity index (χ1n) is 6.19. The van der Waals surface area contributed by atoms with Crippen molar-refractivity contribution in [1.29, 1.82) is 0 Å². The summed E-state index contributed by atoms with van der Waals surface area (Å²) in [5.41, 5.74) is -0.464. The fraction of sp³-hybridized carbons (Fsp3) is 0.133. The molecule has 0 heterocycles. The molecule has 0 fully saturated rings. The zero-order valence-electron chi connectivity index (χ0n) is 11.6. The minimum atomic E-state index is -1.39. The third-order valence-corrected chi connectivity index (χ3v) is 6.03. The van der Waals surface area contributed by atoms with Gasteiger partial charge in [-0.15, -0.1) is 0 Å². The molecule has 0 spiro atoms. The first kappa shape index (κ1) is 18.8. The second kappa shape index (κ2) is 6.74. The highest BCUT2D eigenvalue weighted by Gasteiger charge is 2.39. The lowest BCUT2D eigenvalue weighted by molar-refractivity contribution is -0.141. The van der Waals surface area contributed by atoms with Crippen molar-refractivity contribution in [1.82, 2.24) is 0 Å². The van der Waals surface area contributed by atoms with E-state index in [0.29, 0.717) is 29.0 Å². The molecule has 0 aliphatic heterocycles. The van der Waals surface area contributed by atoms with Gasteiger partial charge in [0.1, 0.15) is 16.9 Å². The zero-order valence-corrected chi connectivity index (χ0v) is 17.9. The highest BCUT2D eigenvalue weighted by atomic mass is 79.9. The molecule has 2 aromatic carbocycles. The normalized spacial score (nSPS) is 11.5. The van der Waals surface area contributed by atoms with Crippen molar-refractivity contribution in [3.8, 4) is 11.5 Å². The summed E-state index contributed by atoms with van der Waals surface area (Å²) in [5.74, 6) is -1.07. The van der Waals surface area contributed by atoms with Gasteiger partial charge in [-0.05, 0) is 106 Å². The molecule has 0 amide bonds. The van der Waals surface area contributed by atoms with E-state index in [2.05, 4.69) is 63.7 Å². The molecule has 0 saturated heterocycles. The van der Waals surface area contributed by atoms with E-state index in [0.717, 1.165) is 0 Å². The molecular formula is C15H10Br4O4. The highest BCUT2D eigenvalue weighted by Crippen LogP contribution is 2.43. The Labute approximate surface area is 166 Å². The molecule has 23 heavy (non-hydrogen) atoms. The molecule has 0 saturated carbocycles. The summed E-state index contributed by atoms with van der Waals surface area (Å²) in [6, 6.07) is 6.23. The third-order valence-electron chi connectivity index (χ3n) is 3.62. The SMILES string of the molecule is CC(C(=O)O)(c1cc(Br)c(O)c(Br)c1)c1cc(Br)c(O)c(Br)c1. The van der Waals surface area contributed by atoms with Gasteiger partial charge in [-0.2, -0.15) is 0 Å². The second-order valence-electron chi connectivity index (χ2n) is 5.01. The maximum atomic E-state index is 12.1. The van der Waals surface area contributed by atoms with Crippen LogP contribution in [0, 0.1) is 0 Å². The van der Waals surface area contributed by atoms with E-state index in [1.165, 1.54) is 0 Å². The Hall–Kier alpha value is -0.570. The number of aliphatic carboxylic acids is 1. The fourth-order valence-electron chi connectivity index (χ4n) is 2.12. The van der Waals surface area contributed by atoms with Crippen molar-refractivity contribution >= 4 is 69.7 Å². The molecule has 0 aliphatic rings.